The third kappa shape index (κ3) is 2.28. The fourth-order valence-corrected chi connectivity index (χ4v) is 2.60. The summed E-state index contributed by atoms with van der Waals surface area (Å²) in [5, 5.41) is 0. The molecule has 1 aliphatic rings. The molecular weight excluding hydrogens is 240 g/mol. The number of ketones is 1. The van der Waals surface area contributed by atoms with Crippen LogP contribution in [0, 0.1) is 6.92 Å². The van der Waals surface area contributed by atoms with Gasteiger partial charge in [0.05, 0.1) is 12.9 Å². The Balaban J connectivity index is 1.82. The number of furan rings is 1. The van der Waals surface area contributed by atoms with E-state index >= 15 is 0 Å². The predicted octanol–water partition coefficient (Wildman–Crippen LogP) is 3.73. The summed E-state index contributed by atoms with van der Waals surface area (Å²) in [6, 6.07) is 9.78. The Bertz CT molecular complexity index is 598. The third-order valence-corrected chi connectivity index (χ3v) is 3.63. The van der Waals surface area contributed by atoms with Crippen molar-refractivity contribution in [1.82, 2.24) is 0 Å². The molecule has 0 spiro atoms. The Morgan fingerprint density at radius 2 is 2.16 bits per heavy atom. The molecule has 3 heteroatoms. The Hall–Kier alpha value is -2.03. The highest BCUT2D eigenvalue weighted by molar-refractivity contribution is 5.95. The molecule has 0 fully saturated rings. The maximum Gasteiger partial charge on any atom is 0.198 e. The summed E-state index contributed by atoms with van der Waals surface area (Å²) in [6.45, 7) is 2.57. The van der Waals surface area contributed by atoms with Gasteiger partial charge in [0, 0.05) is 6.42 Å². The highest BCUT2D eigenvalue weighted by atomic mass is 16.5. The van der Waals surface area contributed by atoms with Crippen molar-refractivity contribution in [3.63, 3.8) is 0 Å². The molecule has 1 atom stereocenters. The topological polar surface area (TPSA) is 39.4 Å². The lowest BCUT2D eigenvalue weighted by atomic mass is 9.88. The van der Waals surface area contributed by atoms with Gasteiger partial charge in [-0.1, -0.05) is 18.2 Å². The van der Waals surface area contributed by atoms with Crippen LogP contribution < -0.4 is 4.74 Å². The van der Waals surface area contributed by atoms with E-state index < -0.39 is 0 Å². The standard InChI is InChI=1S/C16H16O3/c1-11-6-8-19-16(11)14(17)10-12-7-9-18-15-5-3-2-4-13(12)15/h2-6,8,12H,7,9-10H2,1H3. The summed E-state index contributed by atoms with van der Waals surface area (Å²) < 4.78 is 10.9. The first-order chi connectivity index (χ1) is 9.25. The first-order valence-corrected chi connectivity index (χ1v) is 6.54. The molecular formula is C16H16O3. The predicted molar refractivity (Wildman–Crippen MR) is 71.7 cm³/mol. The van der Waals surface area contributed by atoms with Crippen molar-refractivity contribution in [3.8, 4) is 5.75 Å². The number of Topliss-reactive ketones (excluding diaryl/α,β-unsaturated/α-hetero) is 1. The van der Waals surface area contributed by atoms with Crippen molar-refractivity contribution in [2.45, 2.75) is 25.7 Å². The highest BCUT2D eigenvalue weighted by Gasteiger charge is 2.25. The fraction of sp³-hybridized carbons (Fsp3) is 0.312. The van der Waals surface area contributed by atoms with Gasteiger partial charge in [-0.25, -0.2) is 0 Å². The number of fused-ring (bicyclic) bond motifs is 1. The fourth-order valence-electron chi connectivity index (χ4n) is 2.60. The maximum absolute atomic E-state index is 12.3. The number of carbonyl (C=O) groups excluding carboxylic acids is 1. The summed E-state index contributed by atoms with van der Waals surface area (Å²) in [4.78, 5) is 12.3. The molecule has 0 bridgehead atoms. The Labute approximate surface area is 112 Å². The zero-order valence-electron chi connectivity index (χ0n) is 10.9. The van der Waals surface area contributed by atoms with E-state index in [2.05, 4.69) is 0 Å². The quantitative estimate of drug-likeness (QED) is 0.785. The molecule has 0 radical (unpaired) electrons. The van der Waals surface area contributed by atoms with Gasteiger partial charge in [0.15, 0.2) is 11.5 Å². The monoisotopic (exact) mass is 256 g/mol. The molecule has 1 aromatic carbocycles. The second kappa shape index (κ2) is 4.92. The van der Waals surface area contributed by atoms with Gasteiger partial charge in [-0.3, -0.25) is 4.79 Å². The van der Waals surface area contributed by atoms with Gasteiger partial charge < -0.3 is 9.15 Å². The van der Waals surface area contributed by atoms with Gasteiger partial charge in [-0.15, -0.1) is 0 Å². The average molecular weight is 256 g/mol. The number of benzene rings is 1. The van der Waals surface area contributed by atoms with Crippen LogP contribution in [-0.2, 0) is 0 Å². The summed E-state index contributed by atoms with van der Waals surface area (Å²) in [7, 11) is 0. The van der Waals surface area contributed by atoms with Gasteiger partial charge in [0.25, 0.3) is 0 Å². The molecule has 19 heavy (non-hydrogen) atoms. The Morgan fingerprint density at radius 1 is 1.32 bits per heavy atom. The first kappa shape index (κ1) is 12.0. The van der Waals surface area contributed by atoms with Crippen LogP contribution in [0.5, 0.6) is 5.75 Å². The molecule has 98 valence electrons. The van der Waals surface area contributed by atoms with Crippen molar-refractivity contribution < 1.29 is 13.9 Å². The molecule has 2 aromatic rings. The van der Waals surface area contributed by atoms with E-state index in [1.54, 1.807) is 6.26 Å². The van der Waals surface area contributed by atoms with E-state index in [4.69, 9.17) is 9.15 Å². The second-order valence-electron chi connectivity index (χ2n) is 4.93. The number of hydrogen-bond donors (Lipinski definition) is 0. The van der Waals surface area contributed by atoms with Crippen LogP contribution in [0.4, 0.5) is 0 Å². The number of ether oxygens (including phenoxy) is 1. The number of hydrogen-bond acceptors (Lipinski definition) is 3. The molecule has 2 heterocycles. The summed E-state index contributed by atoms with van der Waals surface area (Å²) >= 11 is 0. The number of carbonyl (C=O) groups is 1. The van der Waals surface area contributed by atoms with Crippen LogP contribution in [0.15, 0.2) is 41.0 Å². The SMILES string of the molecule is Cc1ccoc1C(=O)CC1CCOc2ccccc21. The van der Waals surface area contributed by atoms with Crippen LogP contribution in [0.25, 0.3) is 0 Å². The van der Waals surface area contributed by atoms with Gasteiger partial charge in [-0.2, -0.15) is 0 Å². The lowest BCUT2D eigenvalue weighted by Crippen LogP contribution is -2.17. The van der Waals surface area contributed by atoms with Crippen molar-refractivity contribution in [1.29, 1.82) is 0 Å². The van der Waals surface area contributed by atoms with E-state index in [1.165, 1.54) is 0 Å². The van der Waals surface area contributed by atoms with E-state index in [1.807, 2.05) is 37.3 Å². The van der Waals surface area contributed by atoms with Crippen LogP contribution in [0.3, 0.4) is 0 Å². The molecule has 3 nitrogen and oxygen atoms in total. The van der Waals surface area contributed by atoms with Crippen molar-refractivity contribution in [3.05, 3.63) is 53.5 Å². The summed E-state index contributed by atoms with van der Waals surface area (Å²) in [5.41, 5.74) is 2.04. The third-order valence-electron chi connectivity index (χ3n) is 3.63. The van der Waals surface area contributed by atoms with Crippen LogP contribution in [-0.4, -0.2) is 12.4 Å². The van der Waals surface area contributed by atoms with Gasteiger partial charge in [-0.05, 0) is 42.5 Å². The molecule has 0 aliphatic carbocycles. The lowest BCUT2D eigenvalue weighted by Gasteiger charge is -2.25. The van der Waals surface area contributed by atoms with E-state index in [0.29, 0.717) is 18.8 Å². The van der Waals surface area contributed by atoms with E-state index in [9.17, 15) is 4.79 Å². The van der Waals surface area contributed by atoms with Gasteiger partial charge in [0.2, 0.25) is 0 Å². The second-order valence-corrected chi connectivity index (χ2v) is 4.93. The lowest BCUT2D eigenvalue weighted by molar-refractivity contribution is 0.0938. The normalized spacial score (nSPS) is 17.6. The summed E-state index contributed by atoms with van der Waals surface area (Å²) in [5.74, 6) is 1.69. The van der Waals surface area contributed by atoms with E-state index in [0.717, 1.165) is 23.3 Å². The molecule has 0 amide bonds. The van der Waals surface area contributed by atoms with Gasteiger partial charge >= 0.3 is 0 Å². The number of rotatable bonds is 3. The van der Waals surface area contributed by atoms with Crippen LogP contribution in [0.1, 0.15) is 40.4 Å². The minimum atomic E-state index is 0.0733. The molecule has 1 aliphatic heterocycles. The van der Waals surface area contributed by atoms with E-state index in [-0.39, 0.29) is 11.7 Å². The van der Waals surface area contributed by atoms with Crippen molar-refractivity contribution in [2.24, 2.45) is 0 Å². The average Bonchev–Trinajstić information content (AvgIpc) is 2.85. The molecule has 0 saturated carbocycles. The molecule has 1 aromatic heterocycles. The molecule has 0 saturated heterocycles. The first-order valence-electron chi connectivity index (χ1n) is 6.54. The number of para-hydroxylation sites is 1. The van der Waals surface area contributed by atoms with Crippen molar-refractivity contribution >= 4 is 5.78 Å². The molecule has 3 rings (SSSR count). The minimum Gasteiger partial charge on any atom is -0.493 e. The Morgan fingerprint density at radius 3 is 2.95 bits per heavy atom. The highest BCUT2D eigenvalue weighted by Crippen LogP contribution is 2.36. The molecule has 0 N–H and O–H groups in total. The van der Waals surface area contributed by atoms with Gasteiger partial charge in [0.1, 0.15) is 5.75 Å². The maximum atomic E-state index is 12.3. The van der Waals surface area contributed by atoms with Crippen molar-refractivity contribution in [2.75, 3.05) is 6.61 Å². The number of aryl methyl sites for hydroxylation is 1. The largest absolute Gasteiger partial charge is 0.493 e. The van der Waals surface area contributed by atoms with Crippen LogP contribution in [0.2, 0.25) is 0 Å². The summed E-state index contributed by atoms with van der Waals surface area (Å²) in [6.07, 6.45) is 2.93. The Kier molecular flexibility index (Phi) is 3.11. The smallest absolute Gasteiger partial charge is 0.198 e. The zero-order valence-corrected chi connectivity index (χ0v) is 10.9. The molecule has 1 unspecified atom stereocenters. The zero-order chi connectivity index (χ0) is 13.2. The minimum absolute atomic E-state index is 0.0733. The van der Waals surface area contributed by atoms with Crippen LogP contribution >= 0.6 is 0 Å².